The average Bonchev–Trinajstić information content (AvgIpc) is 3.37. The molecule has 7 rings (SSSR count). The molecule has 5 saturated carbocycles. The number of nitrogens with zero attached hydrogens (tertiary/aromatic N) is 1. The summed E-state index contributed by atoms with van der Waals surface area (Å²) in [5.41, 5.74) is -4.04. The van der Waals surface area contributed by atoms with Crippen LogP contribution < -0.4 is 5.32 Å². The van der Waals surface area contributed by atoms with E-state index in [1.54, 1.807) is 45.6 Å². The molecule has 11 nitrogen and oxygen atoms in total. The number of hydrogen-bond donors (Lipinski definition) is 4. The molecule has 1 unspecified atom stereocenters. The van der Waals surface area contributed by atoms with E-state index in [1.807, 2.05) is 0 Å². The normalized spacial score (nSPS) is 48.2. The Morgan fingerprint density at radius 2 is 1.86 bits per heavy atom. The number of benzene rings is 1. The van der Waals surface area contributed by atoms with Gasteiger partial charge in [-0.1, -0.05) is 19.1 Å². The SMILES string of the molecule is CCN1C[C@]2(COC(=O)c3ccccc3NC(C)=O)CCC(OC)[C@@]34[C@@H]5C[C@H]6[C@H](O)[C@@H]5[C@](O)(C[C@@H]6OC)[C@](O)([C@@H](OC)[C@H]23)[C@@H]14. The molecule has 1 heterocycles. The highest BCUT2D eigenvalue weighted by Crippen LogP contribution is 2.80. The van der Waals surface area contributed by atoms with E-state index in [-0.39, 0.29) is 48.4 Å². The van der Waals surface area contributed by atoms with Crippen molar-refractivity contribution in [3.8, 4) is 0 Å². The van der Waals surface area contributed by atoms with Gasteiger partial charge in [0.05, 0.1) is 48.3 Å². The van der Waals surface area contributed by atoms with Crippen LogP contribution in [-0.4, -0.2) is 115 Å². The Bertz CT molecular complexity index is 1340. The van der Waals surface area contributed by atoms with Crippen LogP contribution in [0.1, 0.15) is 49.9 Å². The second kappa shape index (κ2) is 10.2. The van der Waals surface area contributed by atoms with Gasteiger partial charge in [0, 0.05) is 69.8 Å². The van der Waals surface area contributed by atoms with Gasteiger partial charge in [-0.3, -0.25) is 9.69 Å². The van der Waals surface area contributed by atoms with Crippen molar-refractivity contribution in [3.63, 3.8) is 0 Å². The van der Waals surface area contributed by atoms with Gasteiger partial charge in [-0.05, 0) is 43.9 Å². The Hall–Kier alpha value is -2.12. The first-order valence-corrected chi connectivity index (χ1v) is 16.0. The number of ether oxygens (including phenoxy) is 4. The lowest BCUT2D eigenvalue weighted by atomic mass is 9.42. The lowest BCUT2D eigenvalue weighted by molar-refractivity contribution is -0.318. The minimum absolute atomic E-state index is 0.0742. The Morgan fingerprint density at radius 3 is 2.52 bits per heavy atom. The summed E-state index contributed by atoms with van der Waals surface area (Å²) < 4.78 is 24.7. The van der Waals surface area contributed by atoms with Gasteiger partial charge in [-0.25, -0.2) is 4.79 Å². The van der Waals surface area contributed by atoms with Gasteiger partial charge < -0.3 is 39.6 Å². The largest absolute Gasteiger partial charge is 0.461 e. The Morgan fingerprint density at radius 1 is 1.11 bits per heavy atom. The van der Waals surface area contributed by atoms with E-state index in [1.165, 1.54) is 6.92 Å². The highest BCUT2D eigenvalue weighted by Gasteiger charge is 2.91. The van der Waals surface area contributed by atoms with Crippen LogP contribution in [0.3, 0.4) is 0 Å². The van der Waals surface area contributed by atoms with Crippen LogP contribution in [0.4, 0.5) is 5.69 Å². The number of anilines is 1. The number of amides is 1. The molecule has 1 aromatic carbocycles. The van der Waals surface area contributed by atoms with Crippen molar-refractivity contribution in [2.75, 3.05) is 46.3 Å². The summed E-state index contributed by atoms with van der Waals surface area (Å²) >= 11 is 0. The molecule has 44 heavy (non-hydrogen) atoms. The lowest BCUT2D eigenvalue weighted by Gasteiger charge is -2.70. The fourth-order valence-electron chi connectivity index (χ4n) is 12.0. The smallest absolute Gasteiger partial charge is 0.340 e. The molecular weight excluding hydrogens is 568 g/mol. The van der Waals surface area contributed by atoms with Crippen LogP contribution >= 0.6 is 0 Å². The minimum Gasteiger partial charge on any atom is -0.461 e. The number of likely N-dealkylation sites (N-methyl/N-ethyl adjacent to an activating group) is 1. The average molecular weight is 615 g/mol. The molecule has 4 N–H and O–H groups in total. The number of rotatable bonds is 8. The second-order valence-electron chi connectivity index (χ2n) is 14.3. The van der Waals surface area contributed by atoms with Crippen molar-refractivity contribution in [3.05, 3.63) is 29.8 Å². The van der Waals surface area contributed by atoms with Gasteiger partial charge in [0.1, 0.15) is 11.2 Å². The first kappa shape index (κ1) is 30.5. The summed E-state index contributed by atoms with van der Waals surface area (Å²) in [7, 11) is 4.91. The number of carbonyl (C=O) groups is 2. The number of para-hydroxylation sites is 1. The van der Waals surface area contributed by atoms with Crippen LogP contribution in [0, 0.1) is 34.5 Å². The van der Waals surface area contributed by atoms with Gasteiger partial charge in [-0.2, -0.15) is 0 Å². The van der Waals surface area contributed by atoms with Gasteiger partial charge in [0.15, 0.2) is 0 Å². The van der Waals surface area contributed by atoms with Gasteiger partial charge in [0.2, 0.25) is 5.91 Å². The molecule has 11 heteroatoms. The molecule has 1 aromatic rings. The second-order valence-corrected chi connectivity index (χ2v) is 14.3. The quantitative estimate of drug-likeness (QED) is 0.317. The number of fused-ring (bicyclic) bond motifs is 2. The van der Waals surface area contributed by atoms with Crippen LogP contribution in [0.15, 0.2) is 24.3 Å². The summed E-state index contributed by atoms with van der Waals surface area (Å²) in [6.07, 6.45) is -0.0977. The number of hydrogen-bond acceptors (Lipinski definition) is 10. The van der Waals surface area contributed by atoms with E-state index in [4.69, 9.17) is 18.9 Å². The van der Waals surface area contributed by atoms with Crippen LogP contribution in [0.25, 0.3) is 0 Å². The van der Waals surface area contributed by atoms with Gasteiger partial charge in [0.25, 0.3) is 0 Å². The summed E-state index contributed by atoms with van der Waals surface area (Å²) in [5.74, 6) is -2.05. The van der Waals surface area contributed by atoms with Gasteiger partial charge in [-0.15, -0.1) is 0 Å². The fraction of sp³-hybridized carbons (Fsp3) is 0.758. The third-order valence-electron chi connectivity index (χ3n) is 13.0. The molecule has 13 atom stereocenters. The Kier molecular flexibility index (Phi) is 7.07. The predicted molar refractivity (Wildman–Crippen MR) is 158 cm³/mol. The molecule has 242 valence electrons. The van der Waals surface area contributed by atoms with Crippen molar-refractivity contribution < 1.29 is 43.9 Å². The maximum absolute atomic E-state index is 13.6. The van der Waals surface area contributed by atoms with E-state index in [2.05, 4.69) is 17.1 Å². The van der Waals surface area contributed by atoms with Crippen LogP contribution in [0.5, 0.6) is 0 Å². The fourth-order valence-corrected chi connectivity index (χ4v) is 12.0. The lowest BCUT2D eigenvalue weighted by Crippen LogP contribution is -2.82. The molecule has 1 spiro atoms. The number of carbonyl (C=O) groups excluding carboxylic acids is 2. The molecule has 1 saturated heterocycles. The topological polar surface area (TPSA) is 147 Å². The standard InChI is InChI=1S/C33H46N2O9/c1-6-35-15-30(16-44-28(38)18-9-7-8-10-21(18)34-17(2)36)12-11-23(42-4)32-20-13-19-22(41-3)14-31(39,24(20)25(19)37)33(40,29(32)35)27(43-5)26(30)32/h7-10,19-20,22-27,29,37,39-40H,6,11-16H2,1-5H3,(H,34,36)/t19-,20-,22+,23?,24-,25+,26-,27+,29+,30+,31-,32+,33+/m1/s1. The number of esters is 1. The number of aliphatic hydroxyl groups excluding tert-OH is 1. The molecule has 6 fully saturated rings. The van der Waals surface area contributed by atoms with Crippen molar-refractivity contribution in [2.45, 2.75) is 81.2 Å². The molecular formula is C33H46N2O9. The zero-order chi connectivity index (χ0) is 31.4. The minimum atomic E-state index is -1.73. The van der Waals surface area contributed by atoms with Crippen LogP contribution in [0.2, 0.25) is 0 Å². The summed E-state index contributed by atoms with van der Waals surface area (Å²) in [4.78, 5) is 27.7. The molecule has 0 radical (unpaired) electrons. The van der Waals surface area contributed by atoms with E-state index in [0.29, 0.717) is 38.0 Å². The number of likely N-dealkylation sites (tertiary alicyclic amines) is 1. The number of piperidine rings is 1. The maximum Gasteiger partial charge on any atom is 0.340 e. The summed E-state index contributed by atoms with van der Waals surface area (Å²) in [6.45, 7) is 4.67. The van der Waals surface area contributed by atoms with Crippen molar-refractivity contribution in [1.29, 1.82) is 0 Å². The Balaban J connectivity index is 1.36. The number of aliphatic hydroxyl groups is 3. The number of methoxy groups -OCH3 is 3. The highest BCUT2D eigenvalue weighted by atomic mass is 16.5. The zero-order valence-corrected chi connectivity index (χ0v) is 26.2. The van der Waals surface area contributed by atoms with E-state index in [9.17, 15) is 24.9 Å². The summed E-state index contributed by atoms with van der Waals surface area (Å²) in [5, 5.41) is 40.6. The first-order chi connectivity index (χ1) is 21.0. The molecule has 7 bridgehead atoms. The summed E-state index contributed by atoms with van der Waals surface area (Å²) in [6, 6.07) is 6.30. The molecule has 5 aliphatic carbocycles. The van der Waals surface area contributed by atoms with Crippen molar-refractivity contribution in [2.24, 2.45) is 34.5 Å². The molecule has 0 aromatic heterocycles. The van der Waals surface area contributed by atoms with E-state index in [0.717, 1.165) is 0 Å². The monoisotopic (exact) mass is 614 g/mol. The third-order valence-corrected chi connectivity index (χ3v) is 13.0. The maximum atomic E-state index is 13.6. The van der Waals surface area contributed by atoms with E-state index >= 15 is 0 Å². The third kappa shape index (κ3) is 3.47. The zero-order valence-electron chi connectivity index (χ0n) is 26.2. The molecule has 6 aliphatic rings. The highest BCUT2D eigenvalue weighted by molar-refractivity contribution is 6.00. The van der Waals surface area contributed by atoms with Crippen molar-refractivity contribution >= 4 is 17.6 Å². The first-order valence-electron chi connectivity index (χ1n) is 16.0. The number of nitrogens with one attached hydrogen (secondary N) is 1. The van der Waals surface area contributed by atoms with E-state index < -0.39 is 58.3 Å². The van der Waals surface area contributed by atoms with Crippen molar-refractivity contribution in [1.82, 2.24) is 4.90 Å². The molecule has 1 amide bonds. The van der Waals surface area contributed by atoms with Crippen LogP contribution in [-0.2, 0) is 23.7 Å². The Labute approximate surface area is 258 Å². The predicted octanol–water partition coefficient (Wildman–Crippen LogP) is 1.44. The van der Waals surface area contributed by atoms with Gasteiger partial charge >= 0.3 is 5.97 Å². The molecule has 1 aliphatic heterocycles.